The van der Waals surface area contributed by atoms with Crippen molar-refractivity contribution in [1.82, 2.24) is 5.43 Å². The molecule has 152 valence electrons. The van der Waals surface area contributed by atoms with Gasteiger partial charge in [-0.25, -0.2) is 9.82 Å². The van der Waals surface area contributed by atoms with Crippen LogP contribution in [-0.2, 0) is 16.0 Å². The fraction of sp³-hybridized carbons (Fsp3) is 0.0870. The highest BCUT2D eigenvalue weighted by Gasteiger charge is 2.04. The van der Waals surface area contributed by atoms with E-state index in [0.717, 1.165) is 11.1 Å². The van der Waals surface area contributed by atoms with E-state index in [1.165, 1.54) is 30.5 Å². The molecule has 0 fully saturated rings. The first-order valence-electron chi connectivity index (χ1n) is 9.22. The Labute approximate surface area is 173 Å². The van der Waals surface area contributed by atoms with Crippen LogP contribution in [0.1, 0.15) is 11.1 Å². The Morgan fingerprint density at radius 2 is 1.60 bits per heavy atom. The molecule has 3 aromatic carbocycles. The Balaban J connectivity index is 1.41. The van der Waals surface area contributed by atoms with Crippen molar-refractivity contribution in [2.24, 2.45) is 5.10 Å². The van der Waals surface area contributed by atoms with Crippen molar-refractivity contribution in [2.75, 3.05) is 11.9 Å². The number of carbonyl (C=O) groups excluding carboxylic acids is 2. The average molecular weight is 405 g/mol. The smallest absolute Gasteiger partial charge is 0.262 e. The summed E-state index contributed by atoms with van der Waals surface area (Å²) in [5.41, 5.74) is 4.65. The molecule has 3 aromatic rings. The number of hydrazone groups is 1. The molecule has 0 aliphatic rings. The van der Waals surface area contributed by atoms with Crippen LogP contribution in [0, 0.1) is 5.82 Å². The van der Waals surface area contributed by atoms with E-state index >= 15 is 0 Å². The Morgan fingerprint density at radius 1 is 0.900 bits per heavy atom. The maximum atomic E-state index is 12.9. The number of nitrogens with one attached hydrogen (secondary N) is 2. The van der Waals surface area contributed by atoms with Crippen molar-refractivity contribution in [3.8, 4) is 5.75 Å². The molecular formula is C23H20FN3O3. The molecule has 0 heterocycles. The maximum Gasteiger partial charge on any atom is 0.262 e. The standard InChI is InChI=1S/C23H20FN3O3/c24-19-8-10-20(11-9-19)26-23(29)16-30-21-12-6-18(7-13-21)15-25-27-22(28)14-17-4-2-1-3-5-17/h1-13,15H,14,16H2,(H,26,29)(H,27,28)/b25-15+. The van der Waals surface area contributed by atoms with Gasteiger partial charge in [0.05, 0.1) is 12.6 Å². The number of hydrogen-bond acceptors (Lipinski definition) is 4. The van der Waals surface area contributed by atoms with Crippen LogP contribution in [0.3, 0.4) is 0 Å². The van der Waals surface area contributed by atoms with Crippen LogP contribution in [0.25, 0.3) is 0 Å². The number of ether oxygens (including phenoxy) is 1. The fourth-order valence-corrected chi connectivity index (χ4v) is 2.53. The molecule has 0 saturated heterocycles. The van der Waals surface area contributed by atoms with Crippen LogP contribution in [-0.4, -0.2) is 24.6 Å². The number of amides is 2. The van der Waals surface area contributed by atoms with E-state index in [9.17, 15) is 14.0 Å². The Hall–Kier alpha value is -4.00. The van der Waals surface area contributed by atoms with Gasteiger partial charge in [0.1, 0.15) is 11.6 Å². The van der Waals surface area contributed by atoms with Crippen LogP contribution in [0.5, 0.6) is 5.75 Å². The van der Waals surface area contributed by atoms with Gasteiger partial charge in [0.25, 0.3) is 5.91 Å². The lowest BCUT2D eigenvalue weighted by Crippen LogP contribution is -2.20. The quantitative estimate of drug-likeness (QED) is 0.444. The highest BCUT2D eigenvalue weighted by molar-refractivity contribution is 5.91. The maximum absolute atomic E-state index is 12.9. The molecule has 0 unspecified atom stereocenters. The van der Waals surface area contributed by atoms with E-state index in [1.807, 2.05) is 30.3 Å². The summed E-state index contributed by atoms with van der Waals surface area (Å²) in [5.74, 6) is -0.420. The van der Waals surface area contributed by atoms with Gasteiger partial charge < -0.3 is 10.1 Å². The van der Waals surface area contributed by atoms with E-state index in [0.29, 0.717) is 11.4 Å². The zero-order valence-electron chi connectivity index (χ0n) is 16.0. The molecule has 0 aliphatic heterocycles. The number of anilines is 1. The van der Waals surface area contributed by atoms with Gasteiger partial charge in [-0.2, -0.15) is 5.10 Å². The summed E-state index contributed by atoms with van der Waals surface area (Å²) in [4.78, 5) is 23.7. The minimum Gasteiger partial charge on any atom is -0.484 e. The normalized spacial score (nSPS) is 10.6. The van der Waals surface area contributed by atoms with E-state index in [4.69, 9.17) is 4.74 Å². The number of hydrogen-bond donors (Lipinski definition) is 2. The molecule has 0 saturated carbocycles. The molecule has 2 N–H and O–H groups in total. The van der Waals surface area contributed by atoms with Gasteiger partial charge in [0.2, 0.25) is 5.91 Å². The summed E-state index contributed by atoms with van der Waals surface area (Å²) in [6.45, 7) is -0.180. The lowest BCUT2D eigenvalue weighted by molar-refractivity contribution is -0.120. The summed E-state index contributed by atoms with van der Waals surface area (Å²) in [6, 6.07) is 21.8. The zero-order chi connectivity index (χ0) is 21.2. The molecule has 0 atom stereocenters. The molecule has 0 aromatic heterocycles. The van der Waals surface area contributed by atoms with Crippen molar-refractivity contribution < 1.29 is 18.7 Å². The van der Waals surface area contributed by atoms with Gasteiger partial charge in [0, 0.05) is 5.69 Å². The summed E-state index contributed by atoms with van der Waals surface area (Å²) in [5, 5.41) is 6.55. The van der Waals surface area contributed by atoms with E-state index < -0.39 is 0 Å². The lowest BCUT2D eigenvalue weighted by Gasteiger charge is -2.07. The predicted octanol–water partition coefficient (Wildman–Crippen LogP) is 3.54. The minimum absolute atomic E-state index is 0.180. The van der Waals surface area contributed by atoms with E-state index in [1.54, 1.807) is 24.3 Å². The predicted molar refractivity (Wildman–Crippen MR) is 113 cm³/mol. The molecule has 0 aliphatic carbocycles. The van der Waals surface area contributed by atoms with Crippen LogP contribution in [0.15, 0.2) is 84.0 Å². The molecule has 7 heteroatoms. The van der Waals surface area contributed by atoms with Crippen molar-refractivity contribution in [3.63, 3.8) is 0 Å². The second-order valence-electron chi connectivity index (χ2n) is 6.37. The Bertz CT molecular complexity index is 1000. The first-order chi connectivity index (χ1) is 14.6. The number of benzene rings is 3. The number of halogens is 1. The number of nitrogens with zero attached hydrogens (tertiary/aromatic N) is 1. The fourth-order valence-electron chi connectivity index (χ4n) is 2.53. The first-order valence-corrected chi connectivity index (χ1v) is 9.22. The average Bonchev–Trinajstić information content (AvgIpc) is 2.75. The molecular weight excluding hydrogens is 385 g/mol. The molecule has 0 bridgehead atoms. The Morgan fingerprint density at radius 3 is 2.30 bits per heavy atom. The molecule has 30 heavy (non-hydrogen) atoms. The third-order valence-electron chi connectivity index (χ3n) is 3.99. The third-order valence-corrected chi connectivity index (χ3v) is 3.99. The van der Waals surface area contributed by atoms with Gasteiger partial charge in [-0.1, -0.05) is 30.3 Å². The van der Waals surface area contributed by atoms with Crippen LogP contribution >= 0.6 is 0 Å². The highest BCUT2D eigenvalue weighted by atomic mass is 19.1. The number of rotatable bonds is 8. The molecule has 6 nitrogen and oxygen atoms in total. The molecule has 2 amide bonds. The summed E-state index contributed by atoms with van der Waals surface area (Å²) < 4.78 is 18.3. The minimum atomic E-state index is -0.372. The zero-order valence-corrected chi connectivity index (χ0v) is 16.0. The van der Waals surface area contributed by atoms with Crippen molar-refractivity contribution in [3.05, 3.63) is 95.8 Å². The second kappa shape index (κ2) is 10.5. The molecule has 0 spiro atoms. The van der Waals surface area contributed by atoms with Gasteiger partial charge in [-0.3, -0.25) is 9.59 Å². The third kappa shape index (κ3) is 6.87. The summed E-state index contributed by atoms with van der Waals surface area (Å²) >= 11 is 0. The van der Waals surface area contributed by atoms with Crippen LogP contribution in [0.4, 0.5) is 10.1 Å². The molecule has 3 rings (SSSR count). The summed E-state index contributed by atoms with van der Waals surface area (Å²) in [7, 11) is 0. The van der Waals surface area contributed by atoms with Gasteiger partial charge in [-0.05, 0) is 59.7 Å². The first kappa shape index (κ1) is 20.7. The van der Waals surface area contributed by atoms with Crippen LogP contribution in [0.2, 0.25) is 0 Å². The lowest BCUT2D eigenvalue weighted by atomic mass is 10.1. The Kier molecular flexibility index (Phi) is 7.27. The van der Waals surface area contributed by atoms with E-state index in [-0.39, 0.29) is 30.7 Å². The summed E-state index contributed by atoms with van der Waals surface area (Å²) in [6.07, 6.45) is 1.78. The van der Waals surface area contributed by atoms with Gasteiger partial charge >= 0.3 is 0 Å². The van der Waals surface area contributed by atoms with Crippen molar-refractivity contribution >= 4 is 23.7 Å². The molecule has 0 radical (unpaired) electrons. The van der Waals surface area contributed by atoms with Gasteiger partial charge in [0.15, 0.2) is 6.61 Å². The van der Waals surface area contributed by atoms with Crippen LogP contribution < -0.4 is 15.5 Å². The van der Waals surface area contributed by atoms with Crippen molar-refractivity contribution in [2.45, 2.75) is 6.42 Å². The van der Waals surface area contributed by atoms with Crippen molar-refractivity contribution in [1.29, 1.82) is 0 Å². The second-order valence-corrected chi connectivity index (χ2v) is 6.37. The number of carbonyl (C=O) groups is 2. The monoisotopic (exact) mass is 405 g/mol. The largest absolute Gasteiger partial charge is 0.484 e. The highest BCUT2D eigenvalue weighted by Crippen LogP contribution is 2.12. The SMILES string of the molecule is O=C(Cc1ccccc1)N/N=C/c1ccc(OCC(=O)Nc2ccc(F)cc2)cc1. The van der Waals surface area contributed by atoms with E-state index in [2.05, 4.69) is 15.8 Å². The topological polar surface area (TPSA) is 79.8 Å². The van der Waals surface area contributed by atoms with Gasteiger partial charge in [-0.15, -0.1) is 0 Å².